The summed E-state index contributed by atoms with van der Waals surface area (Å²) in [6, 6.07) is 5.77. The van der Waals surface area contributed by atoms with Crippen LogP contribution in [0.1, 0.15) is 27.2 Å². The summed E-state index contributed by atoms with van der Waals surface area (Å²) in [6.45, 7) is 5.84. The Kier molecular flexibility index (Phi) is 3.01. The van der Waals surface area contributed by atoms with Gasteiger partial charge >= 0.3 is 0 Å². The molecule has 2 aromatic heterocycles. The van der Waals surface area contributed by atoms with Gasteiger partial charge in [-0.1, -0.05) is 17.2 Å². The smallest absolute Gasteiger partial charge is 0.256 e. The number of aromatic amines is 1. The van der Waals surface area contributed by atoms with E-state index in [1.807, 2.05) is 46.0 Å². The first kappa shape index (κ1) is 13.4. The largest absolute Gasteiger partial charge is 0.306 e. The first-order valence-corrected chi connectivity index (χ1v) is 6.73. The number of nitrogens with zero attached hydrogens (tertiary/aromatic N) is 3. The maximum atomic E-state index is 12.4. The predicted molar refractivity (Wildman–Crippen MR) is 81.5 cm³/mol. The van der Waals surface area contributed by atoms with E-state index in [9.17, 15) is 4.79 Å². The number of anilines is 1. The number of fused-ring (bicyclic) bond motifs is 1. The molecule has 0 saturated carbocycles. The quantitative estimate of drug-likeness (QED) is 0.758. The van der Waals surface area contributed by atoms with Gasteiger partial charge in [0.1, 0.15) is 5.82 Å². The number of benzene rings is 1. The van der Waals surface area contributed by atoms with Gasteiger partial charge in [0.05, 0.1) is 11.1 Å². The molecule has 108 valence electrons. The van der Waals surface area contributed by atoms with Crippen LogP contribution >= 0.6 is 0 Å². The molecular formula is C15H17N5O. The normalized spacial score (nSPS) is 11.0. The fourth-order valence-corrected chi connectivity index (χ4v) is 2.61. The first-order chi connectivity index (χ1) is 9.95. The molecule has 0 radical (unpaired) electrons. The van der Waals surface area contributed by atoms with Crippen LogP contribution in [0.25, 0.3) is 11.0 Å². The summed E-state index contributed by atoms with van der Waals surface area (Å²) in [5, 5.41) is 15.1. The molecule has 6 nitrogen and oxygen atoms in total. The zero-order valence-electron chi connectivity index (χ0n) is 12.5. The van der Waals surface area contributed by atoms with E-state index in [1.54, 1.807) is 4.68 Å². The summed E-state index contributed by atoms with van der Waals surface area (Å²) in [5.74, 6) is 0.426. The molecule has 0 saturated heterocycles. The molecule has 21 heavy (non-hydrogen) atoms. The van der Waals surface area contributed by atoms with Crippen LogP contribution < -0.4 is 5.32 Å². The van der Waals surface area contributed by atoms with E-state index in [-0.39, 0.29) is 5.91 Å². The number of aryl methyl sites for hydroxylation is 4. The Bertz CT molecular complexity index is 823. The molecule has 0 unspecified atom stereocenters. The van der Waals surface area contributed by atoms with Crippen molar-refractivity contribution in [3.05, 3.63) is 40.6 Å². The van der Waals surface area contributed by atoms with E-state index < -0.39 is 0 Å². The van der Waals surface area contributed by atoms with E-state index in [1.165, 1.54) is 0 Å². The lowest BCUT2D eigenvalue weighted by molar-refractivity contribution is 0.102. The van der Waals surface area contributed by atoms with E-state index in [0.717, 1.165) is 27.9 Å². The highest BCUT2D eigenvalue weighted by Gasteiger charge is 2.16. The summed E-state index contributed by atoms with van der Waals surface area (Å²) in [6.07, 6.45) is 0. The Balaban J connectivity index is 1.96. The van der Waals surface area contributed by atoms with Gasteiger partial charge in [-0.2, -0.15) is 10.2 Å². The molecule has 0 aliphatic carbocycles. The van der Waals surface area contributed by atoms with E-state index >= 15 is 0 Å². The van der Waals surface area contributed by atoms with Crippen molar-refractivity contribution in [2.75, 3.05) is 5.32 Å². The highest BCUT2D eigenvalue weighted by molar-refractivity contribution is 6.08. The van der Waals surface area contributed by atoms with Crippen LogP contribution in [0.2, 0.25) is 0 Å². The van der Waals surface area contributed by atoms with Crippen molar-refractivity contribution in [1.29, 1.82) is 0 Å². The molecule has 1 amide bonds. The number of aromatic nitrogens is 4. The monoisotopic (exact) mass is 283 g/mol. The Morgan fingerprint density at radius 1 is 1.19 bits per heavy atom. The van der Waals surface area contributed by atoms with Crippen LogP contribution in [0.3, 0.4) is 0 Å². The van der Waals surface area contributed by atoms with Crippen molar-refractivity contribution in [2.45, 2.75) is 20.8 Å². The number of carbonyl (C=O) groups excluding carboxylic acids is 1. The highest BCUT2D eigenvalue weighted by Crippen LogP contribution is 2.23. The molecule has 2 N–H and O–H groups in total. The number of carbonyl (C=O) groups is 1. The molecular weight excluding hydrogens is 266 g/mol. The van der Waals surface area contributed by atoms with Crippen LogP contribution in [0.5, 0.6) is 0 Å². The zero-order valence-corrected chi connectivity index (χ0v) is 12.5. The maximum Gasteiger partial charge on any atom is 0.256 e. The average molecular weight is 283 g/mol. The fraction of sp³-hybridized carbons (Fsp3) is 0.267. The molecule has 0 bridgehead atoms. The Morgan fingerprint density at radius 2 is 1.86 bits per heavy atom. The van der Waals surface area contributed by atoms with E-state index in [0.29, 0.717) is 11.4 Å². The number of H-pyrrole nitrogens is 1. The van der Waals surface area contributed by atoms with Gasteiger partial charge in [0.2, 0.25) is 0 Å². The number of nitrogens with one attached hydrogen (secondary N) is 2. The van der Waals surface area contributed by atoms with Gasteiger partial charge in [-0.3, -0.25) is 9.89 Å². The van der Waals surface area contributed by atoms with Crippen LogP contribution in [-0.4, -0.2) is 25.9 Å². The second kappa shape index (κ2) is 4.73. The Labute approximate surface area is 122 Å². The van der Waals surface area contributed by atoms with Gasteiger partial charge in [0.15, 0.2) is 5.65 Å². The molecule has 6 heteroatoms. The lowest BCUT2D eigenvalue weighted by Gasteiger charge is -2.05. The third-order valence-corrected chi connectivity index (χ3v) is 3.44. The molecule has 1 aromatic carbocycles. The van der Waals surface area contributed by atoms with Gasteiger partial charge in [-0.05, 0) is 32.9 Å². The molecule has 0 spiro atoms. The predicted octanol–water partition coefficient (Wildman–Crippen LogP) is 2.47. The minimum atomic E-state index is -0.157. The second-order valence-electron chi connectivity index (χ2n) is 5.34. The van der Waals surface area contributed by atoms with Crippen molar-refractivity contribution >= 4 is 22.8 Å². The van der Waals surface area contributed by atoms with Gasteiger partial charge in [0, 0.05) is 12.6 Å². The molecule has 3 rings (SSSR count). The molecule has 3 aromatic rings. The van der Waals surface area contributed by atoms with Crippen LogP contribution in [-0.2, 0) is 7.05 Å². The minimum Gasteiger partial charge on any atom is -0.306 e. The molecule has 0 fully saturated rings. The zero-order chi connectivity index (χ0) is 15.1. The summed E-state index contributed by atoms with van der Waals surface area (Å²) in [4.78, 5) is 12.4. The van der Waals surface area contributed by atoms with Crippen molar-refractivity contribution in [1.82, 2.24) is 20.0 Å². The SMILES string of the molecule is Cc1cc(C)cc(C(=O)Nc2[nH]nc3c2c(C)nn3C)c1. The number of amides is 1. The Morgan fingerprint density at radius 3 is 2.52 bits per heavy atom. The number of hydrogen-bond donors (Lipinski definition) is 2. The summed E-state index contributed by atoms with van der Waals surface area (Å²) in [7, 11) is 1.83. The van der Waals surface area contributed by atoms with Gasteiger partial charge in [0.25, 0.3) is 5.91 Å². The average Bonchev–Trinajstić information content (AvgIpc) is 2.92. The van der Waals surface area contributed by atoms with Gasteiger partial charge < -0.3 is 5.32 Å². The topological polar surface area (TPSA) is 75.6 Å². The number of rotatable bonds is 2. The standard InChI is InChI=1S/C15H17N5O/c1-8-5-9(2)7-11(6-8)15(21)16-13-12-10(3)19-20(4)14(12)18-17-13/h5-7H,1-4H3,(H2,16,17,18,21). The van der Waals surface area contributed by atoms with E-state index in [2.05, 4.69) is 20.6 Å². The van der Waals surface area contributed by atoms with Crippen LogP contribution in [0.4, 0.5) is 5.82 Å². The fourth-order valence-electron chi connectivity index (χ4n) is 2.61. The third kappa shape index (κ3) is 2.29. The molecule has 0 atom stereocenters. The van der Waals surface area contributed by atoms with E-state index in [4.69, 9.17) is 0 Å². The van der Waals surface area contributed by atoms with Crippen molar-refractivity contribution in [3.63, 3.8) is 0 Å². The first-order valence-electron chi connectivity index (χ1n) is 6.73. The summed E-state index contributed by atoms with van der Waals surface area (Å²) in [5.41, 5.74) is 4.32. The highest BCUT2D eigenvalue weighted by atomic mass is 16.1. The van der Waals surface area contributed by atoms with Crippen LogP contribution in [0.15, 0.2) is 18.2 Å². The molecule has 2 heterocycles. The van der Waals surface area contributed by atoms with Gasteiger partial charge in [-0.25, -0.2) is 4.68 Å². The number of hydrogen-bond acceptors (Lipinski definition) is 3. The lowest BCUT2D eigenvalue weighted by Crippen LogP contribution is -2.13. The van der Waals surface area contributed by atoms with Crippen molar-refractivity contribution < 1.29 is 4.79 Å². The molecule has 0 aliphatic rings. The van der Waals surface area contributed by atoms with Crippen molar-refractivity contribution in [3.8, 4) is 0 Å². The van der Waals surface area contributed by atoms with Gasteiger partial charge in [-0.15, -0.1) is 0 Å². The van der Waals surface area contributed by atoms with Crippen LogP contribution in [0, 0.1) is 20.8 Å². The summed E-state index contributed by atoms with van der Waals surface area (Å²) >= 11 is 0. The third-order valence-electron chi connectivity index (χ3n) is 3.44. The second-order valence-corrected chi connectivity index (χ2v) is 5.34. The summed E-state index contributed by atoms with van der Waals surface area (Å²) < 4.78 is 1.69. The minimum absolute atomic E-state index is 0.157. The van der Waals surface area contributed by atoms with Crippen molar-refractivity contribution in [2.24, 2.45) is 7.05 Å². The molecule has 0 aliphatic heterocycles. The Hall–Kier alpha value is -2.63. The maximum absolute atomic E-state index is 12.4. The lowest BCUT2D eigenvalue weighted by atomic mass is 10.1.